The molecule has 0 bridgehead atoms. The normalized spacial score (nSPS) is 12.9. The molecule has 144 valence electrons. The van der Waals surface area contributed by atoms with Crippen molar-refractivity contribution in [2.45, 2.75) is 5.75 Å². The van der Waals surface area contributed by atoms with Gasteiger partial charge in [0.1, 0.15) is 28.9 Å². The lowest BCUT2D eigenvalue weighted by Crippen LogP contribution is -1.99. The van der Waals surface area contributed by atoms with Crippen molar-refractivity contribution < 1.29 is 17.8 Å². The number of pyridine rings is 2. The molecule has 0 saturated carbocycles. The Labute approximate surface area is 162 Å². The van der Waals surface area contributed by atoms with Crippen LogP contribution in [0.1, 0.15) is 5.56 Å². The van der Waals surface area contributed by atoms with E-state index >= 15 is 0 Å². The highest BCUT2D eigenvalue weighted by molar-refractivity contribution is 8.10. The highest BCUT2D eigenvalue weighted by atomic mass is 32.2. The van der Waals surface area contributed by atoms with Gasteiger partial charge in [0.25, 0.3) is 0 Å². The zero-order valence-corrected chi connectivity index (χ0v) is 15.8. The lowest BCUT2D eigenvalue weighted by atomic mass is 10.0. The van der Waals surface area contributed by atoms with Crippen LogP contribution in [0, 0.1) is 11.6 Å². The average molecular weight is 401 g/mol. The third-order valence-electron chi connectivity index (χ3n) is 4.20. The van der Waals surface area contributed by atoms with Gasteiger partial charge in [-0.25, -0.2) is 18.7 Å². The zero-order chi connectivity index (χ0) is 19.7. The van der Waals surface area contributed by atoms with Gasteiger partial charge in [-0.05, 0) is 48.2 Å². The van der Waals surface area contributed by atoms with Crippen LogP contribution in [0.15, 0.2) is 59.5 Å². The van der Waals surface area contributed by atoms with Gasteiger partial charge in [-0.1, -0.05) is 0 Å². The molecule has 1 unspecified atom stereocenters. The number of halogens is 2. The lowest BCUT2D eigenvalue weighted by Gasteiger charge is -2.11. The van der Waals surface area contributed by atoms with Crippen LogP contribution in [0.2, 0.25) is 0 Å². The van der Waals surface area contributed by atoms with E-state index in [1.165, 1.54) is 30.5 Å². The van der Waals surface area contributed by atoms with Crippen LogP contribution in [0.5, 0.6) is 0 Å². The van der Waals surface area contributed by atoms with E-state index in [0.29, 0.717) is 23.0 Å². The molecule has 0 amide bonds. The molecule has 4 rings (SSSR count). The van der Waals surface area contributed by atoms with Gasteiger partial charge in [-0.2, -0.15) is 0 Å². The van der Waals surface area contributed by atoms with Crippen molar-refractivity contribution >= 4 is 33.8 Å². The number of benzene rings is 1. The highest BCUT2D eigenvalue weighted by Crippen LogP contribution is 2.34. The Hall–Kier alpha value is -2.97. The van der Waals surface area contributed by atoms with Crippen LogP contribution in [-0.4, -0.2) is 20.8 Å². The number of rotatable bonds is 5. The molecule has 4 aromatic rings. The van der Waals surface area contributed by atoms with Crippen molar-refractivity contribution in [3.63, 3.8) is 0 Å². The van der Waals surface area contributed by atoms with Crippen molar-refractivity contribution in [3.8, 4) is 11.1 Å². The summed E-state index contributed by atoms with van der Waals surface area (Å²) in [5.41, 5.74) is 1.88. The Morgan fingerprint density at radius 2 is 1.86 bits per heavy atom. The quantitative estimate of drug-likeness (QED) is 0.384. The summed E-state index contributed by atoms with van der Waals surface area (Å²) in [5, 5.41) is 3.33. The van der Waals surface area contributed by atoms with Crippen molar-refractivity contribution in [2.24, 2.45) is 0 Å². The van der Waals surface area contributed by atoms with Crippen LogP contribution in [0.4, 0.5) is 20.4 Å². The summed E-state index contributed by atoms with van der Waals surface area (Å²) in [6.45, 7) is 0. The molecule has 5 nitrogen and oxygen atoms in total. The number of hydrogen-bond donors (Lipinski definition) is 3. The maximum absolute atomic E-state index is 14.5. The molecule has 0 fully saturated rings. The lowest BCUT2D eigenvalue weighted by molar-refractivity contribution is 0.607. The molecule has 0 aliphatic rings. The van der Waals surface area contributed by atoms with Crippen LogP contribution < -0.4 is 5.32 Å². The number of anilines is 2. The molecule has 0 aliphatic carbocycles. The predicted octanol–water partition coefficient (Wildman–Crippen LogP) is 5.52. The maximum atomic E-state index is 14.5. The second-order valence-electron chi connectivity index (χ2n) is 6.30. The molecule has 28 heavy (non-hydrogen) atoms. The van der Waals surface area contributed by atoms with Crippen molar-refractivity contribution in [3.05, 3.63) is 72.3 Å². The fourth-order valence-corrected chi connectivity index (χ4v) is 3.72. The van der Waals surface area contributed by atoms with Crippen LogP contribution >= 0.6 is 11.2 Å². The van der Waals surface area contributed by atoms with E-state index in [-0.39, 0.29) is 16.5 Å². The molecule has 3 aromatic heterocycles. The van der Waals surface area contributed by atoms with E-state index in [2.05, 4.69) is 15.3 Å². The largest absolute Gasteiger partial charge is 0.464 e. The third-order valence-corrected chi connectivity index (χ3v) is 5.02. The molecule has 0 radical (unpaired) electrons. The number of nitrogens with zero attached hydrogens (tertiary/aromatic N) is 2. The Kier molecular flexibility index (Phi) is 4.97. The smallest absolute Gasteiger partial charge is 0.149 e. The summed E-state index contributed by atoms with van der Waals surface area (Å²) in [4.78, 5) is 8.29. The molecular formula is C20H17F2N3O2S. The number of aromatic nitrogens is 2. The summed E-state index contributed by atoms with van der Waals surface area (Å²) < 4.78 is 43.3. The zero-order valence-electron chi connectivity index (χ0n) is 14.9. The van der Waals surface area contributed by atoms with Gasteiger partial charge < -0.3 is 14.3 Å². The first-order chi connectivity index (χ1) is 13.5. The highest BCUT2D eigenvalue weighted by Gasteiger charge is 2.15. The molecule has 1 atom stereocenters. The molecule has 0 aliphatic heterocycles. The fraction of sp³-hybridized carbons (Fsp3) is 0.100. The van der Waals surface area contributed by atoms with Gasteiger partial charge in [-0.15, -0.1) is 11.2 Å². The first-order valence-electron chi connectivity index (χ1n) is 8.45. The Morgan fingerprint density at radius 3 is 2.68 bits per heavy atom. The Bertz CT molecular complexity index is 1150. The van der Waals surface area contributed by atoms with E-state index in [9.17, 15) is 13.3 Å². The minimum Gasteiger partial charge on any atom is -0.464 e. The second kappa shape index (κ2) is 7.57. The Morgan fingerprint density at radius 1 is 1.04 bits per heavy atom. The molecule has 3 heterocycles. The monoisotopic (exact) mass is 401 g/mol. The maximum Gasteiger partial charge on any atom is 0.149 e. The van der Waals surface area contributed by atoms with Gasteiger partial charge in [0.05, 0.1) is 17.8 Å². The van der Waals surface area contributed by atoms with E-state index in [4.69, 9.17) is 4.42 Å². The van der Waals surface area contributed by atoms with Crippen molar-refractivity contribution in [2.75, 3.05) is 11.6 Å². The van der Waals surface area contributed by atoms with Gasteiger partial charge in [0.2, 0.25) is 0 Å². The van der Waals surface area contributed by atoms with Crippen LogP contribution in [0.25, 0.3) is 22.1 Å². The minimum atomic E-state index is -1.07. The number of thiol groups is 1. The number of nitrogens with one attached hydrogen (secondary N) is 1. The van der Waals surface area contributed by atoms with Crippen molar-refractivity contribution in [1.82, 2.24) is 9.97 Å². The molecule has 8 heteroatoms. The van der Waals surface area contributed by atoms with E-state index in [0.717, 1.165) is 11.8 Å². The summed E-state index contributed by atoms with van der Waals surface area (Å²) >= 11 is -1.07. The SMILES string of the molecule is C[SH](O)Cc1ccnc(Nc2cc(-c3ccc(F)c4ccoc34)c(F)cn2)c1. The Balaban J connectivity index is 1.70. The first-order valence-corrected chi connectivity index (χ1v) is 10.4. The van der Waals surface area contributed by atoms with Gasteiger partial charge >= 0.3 is 0 Å². The average Bonchev–Trinajstić information content (AvgIpc) is 3.15. The molecule has 0 spiro atoms. The molecule has 2 N–H and O–H groups in total. The summed E-state index contributed by atoms with van der Waals surface area (Å²) in [7, 11) is 0. The summed E-state index contributed by atoms with van der Waals surface area (Å²) in [6, 6.07) is 9.43. The van der Waals surface area contributed by atoms with Crippen molar-refractivity contribution in [1.29, 1.82) is 0 Å². The van der Waals surface area contributed by atoms with Crippen LogP contribution in [0.3, 0.4) is 0 Å². The summed E-state index contributed by atoms with van der Waals surface area (Å²) in [5.74, 6) is 0.491. The number of hydrogen-bond acceptors (Lipinski definition) is 5. The van der Waals surface area contributed by atoms with E-state index in [1.54, 1.807) is 12.5 Å². The first kappa shape index (κ1) is 18.4. The third kappa shape index (κ3) is 3.69. The molecule has 1 aromatic carbocycles. The summed E-state index contributed by atoms with van der Waals surface area (Å²) in [6.07, 6.45) is 5.87. The van der Waals surface area contributed by atoms with E-state index < -0.39 is 22.8 Å². The minimum absolute atomic E-state index is 0.237. The number of fused-ring (bicyclic) bond motifs is 1. The van der Waals surface area contributed by atoms with Gasteiger partial charge in [0, 0.05) is 23.1 Å². The second-order valence-corrected chi connectivity index (χ2v) is 7.93. The van der Waals surface area contributed by atoms with E-state index in [1.807, 2.05) is 12.1 Å². The predicted molar refractivity (Wildman–Crippen MR) is 108 cm³/mol. The van der Waals surface area contributed by atoms with Gasteiger partial charge in [0.15, 0.2) is 0 Å². The molecule has 0 saturated heterocycles. The van der Waals surface area contributed by atoms with Gasteiger partial charge in [-0.3, -0.25) is 0 Å². The number of furan rings is 1. The topological polar surface area (TPSA) is 71.2 Å². The molecular weight excluding hydrogens is 384 g/mol. The van der Waals surface area contributed by atoms with Crippen LogP contribution in [-0.2, 0) is 5.75 Å². The standard InChI is InChI=1S/C20H17F2N3O2S/c1-28(26)11-12-4-6-23-18(8-12)25-19-9-15(17(22)10-24-19)13-2-3-16(21)14-5-7-27-20(13)14/h2-10,26,28H,11H2,1H3,(H,23,24,25). The fourth-order valence-electron chi connectivity index (χ4n) is 2.99.